The van der Waals surface area contributed by atoms with Gasteiger partial charge in [-0.25, -0.2) is 0 Å². The van der Waals surface area contributed by atoms with Gasteiger partial charge in [0.1, 0.15) is 6.61 Å². The maximum Gasteiger partial charge on any atom is 0.248 e. The molecule has 0 unspecified atom stereocenters. The molecule has 0 saturated carbocycles. The average Bonchev–Trinajstić information content (AvgIpc) is 2.50. The van der Waals surface area contributed by atoms with Gasteiger partial charge in [0.2, 0.25) is 5.91 Å². The monoisotopic (exact) mass is 157 g/mol. The summed E-state index contributed by atoms with van der Waals surface area (Å²) in [6.45, 7) is 3.47. The lowest BCUT2D eigenvalue weighted by atomic mass is 10.1. The van der Waals surface area contributed by atoms with Crippen LogP contribution in [-0.4, -0.2) is 35.6 Å². The topological polar surface area (TPSA) is 40.5 Å². The molecule has 1 rings (SSSR count). The molecule has 11 heavy (non-hydrogen) atoms. The van der Waals surface area contributed by atoms with E-state index in [0.717, 1.165) is 25.9 Å². The quantitative estimate of drug-likeness (QED) is 0.623. The second-order valence-corrected chi connectivity index (χ2v) is 3.06. The number of carbonyl (C=O) groups excluding carboxylic acids is 1. The van der Waals surface area contributed by atoms with Gasteiger partial charge in [-0.3, -0.25) is 4.79 Å². The van der Waals surface area contributed by atoms with Crippen LogP contribution in [-0.2, 0) is 4.79 Å². The van der Waals surface area contributed by atoms with Crippen molar-refractivity contribution >= 4 is 5.91 Å². The zero-order valence-corrected chi connectivity index (χ0v) is 6.92. The Kier molecular flexibility index (Phi) is 2.88. The lowest BCUT2D eigenvalue weighted by Crippen LogP contribution is -2.30. The van der Waals surface area contributed by atoms with Gasteiger partial charge in [0, 0.05) is 13.1 Å². The highest BCUT2D eigenvalue weighted by atomic mass is 16.3. The van der Waals surface area contributed by atoms with Crippen molar-refractivity contribution in [2.24, 2.45) is 5.92 Å². The molecule has 1 aliphatic rings. The van der Waals surface area contributed by atoms with E-state index in [1.54, 1.807) is 4.90 Å². The van der Waals surface area contributed by atoms with Gasteiger partial charge < -0.3 is 10.0 Å². The van der Waals surface area contributed by atoms with Crippen LogP contribution in [0.4, 0.5) is 0 Å². The van der Waals surface area contributed by atoms with Gasteiger partial charge in [0.15, 0.2) is 0 Å². The summed E-state index contributed by atoms with van der Waals surface area (Å²) in [6.07, 6.45) is 2.23. The lowest BCUT2D eigenvalue weighted by Gasteiger charge is -2.13. The van der Waals surface area contributed by atoms with Gasteiger partial charge in [-0.1, -0.05) is 13.3 Å². The van der Waals surface area contributed by atoms with Crippen molar-refractivity contribution in [3.8, 4) is 0 Å². The third kappa shape index (κ3) is 1.93. The molecule has 0 bridgehead atoms. The highest BCUT2D eigenvalue weighted by molar-refractivity contribution is 5.77. The zero-order valence-electron chi connectivity index (χ0n) is 6.92. The maximum absolute atomic E-state index is 11.0. The summed E-state index contributed by atoms with van der Waals surface area (Å²) in [5.41, 5.74) is 0. The molecule has 1 saturated heterocycles. The standard InChI is InChI=1S/C8H15NO2/c1-2-7-3-4-9(5-7)8(11)6-10/h7,10H,2-6H2,1H3/t7-/m1/s1. The molecule has 1 amide bonds. The zero-order chi connectivity index (χ0) is 8.27. The predicted molar refractivity (Wildman–Crippen MR) is 42.1 cm³/mol. The van der Waals surface area contributed by atoms with Crippen molar-refractivity contribution in [3.05, 3.63) is 0 Å². The van der Waals surface area contributed by atoms with E-state index in [0.29, 0.717) is 5.92 Å². The number of amides is 1. The molecule has 0 aromatic rings. The highest BCUT2D eigenvalue weighted by Crippen LogP contribution is 2.18. The normalized spacial score (nSPS) is 24.2. The summed E-state index contributed by atoms with van der Waals surface area (Å²) in [7, 11) is 0. The third-order valence-corrected chi connectivity index (χ3v) is 2.35. The fourth-order valence-corrected chi connectivity index (χ4v) is 1.49. The number of carbonyl (C=O) groups is 1. The Labute approximate surface area is 67.0 Å². The summed E-state index contributed by atoms with van der Waals surface area (Å²) < 4.78 is 0. The van der Waals surface area contributed by atoms with E-state index in [1.165, 1.54) is 0 Å². The first kappa shape index (κ1) is 8.53. The molecule has 0 aromatic heterocycles. The first-order chi connectivity index (χ1) is 5.27. The molecule has 0 radical (unpaired) electrons. The number of hydrogen-bond acceptors (Lipinski definition) is 2. The van der Waals surface area contributed by atoms with Gasteiger partial charge in [0.05, 0.1) is 0 Å². The number of rotatable bonds is 2. The van der Waals surface area contributed by atoms with Gasteiger partial charge in [-0.05, 0) is 12.3 Å². The van der Waals surface area contributed by atoms with Crippen LogP contribution >= 0.6 is 0 Å². The molecular weight excluding hydrogens is 142 g/mol. The minimum absolute atomic E-state index is 0.124. The average molecular weight is 157 g/mol. The third-order valence-electron chi connectivity index (χ3n) is 2.35. The first-order valence-corrected chi connectivity index (χ1v) is 4.16. The number of likely N-dealkylation sites (tertiary alicyclic amines) is 1. The Morgan fingerprint density at radius 3 is 2.91 bits per heavy atom. The fraction of sp³-hybridized carbons (Fsp3) is 0.875. The van der Waals surface area contributed by atoms with E-state index in [9.17, 15) is 4.79 Å². The number of aliphatic hydroxyl groups is 1. The van der Waals surface area contributed by atoms with Gasteiger partial charge in [0.25, 0.3) is 0 Å². The Hall–Kier alpha value is -0.570. The summed E-state index contributed by atoms with van der Waals surface area (Å²) in [6, 6.07) is 0. The Bertz CT molecular complexity index is 147. The van der Waals surface area contributed by atoms with Crippen molar-refractivity contribution in [1.29, 1.82) is 0 Å². The van der Waals surface area contributed by atoms with Crippen molar-refractivity contribution in [2.75, 3.05) is 19.7 Å². The molecule has 0 spiro atoms. The molecule has 1 heterocycles. The van der Waals surface area contributed by atoms with Crippen LogP contribution in [0.3, 0.4) is 0 Å². The van der Waals surface area contributed by atoms with Crippen LogP contribution in [0, 0.1) is 5.92 Å². The van der Waals surface area contributed by atoms with Crippen molar-refractivity contribution in [1.82, 2.24) is 4.90 Å². The van der Waals surface area contributed by atoms with Crippen molar-refractivity contribution in [2.45, 2.75) is 19.8 Å². The van der Waals surface area contributed by atoms with Crippen LogP contribution in [0.1, 0.15) is 19.8 Å². The van der Waals surface area contributed by atoms with E-state index in [4.69, 9.17) is 5.11 Å². The van der Waals surface area contributed by atoms with Gasteiger partial charge in [-0.15, -0.1) is 0 Å². The molecular formula is C8H15NO2. The van der Waals surface area contributed by atoms with Crippen molar-refractivity contribution < 1.29 is 9.90 Å². The van der Waals surface area contributed by atoms with E-state index >= 15 is 0 Å². The molecule has 3 heteroatoms. The molecule has 1 fully saturated rings. The molecule has 1 aliphatic heterocycles. The second-order valence-electron chi connectivity index (χ2n) is 3.06. The molecule has 0 aliphatic carbocycles. The van der Waals surface area contributed by atoms with Crippen LogP contribution in [0.2, 0.25) is 0 Å². The predicted octanol–water partition coefficient (Wildman–Crippen LogP) is 0.237. The first-order valence-electron chi connectivity index (χ1n) is 4.16. The van der Waals surface area contributed by atoms with Gasteiger partial charge >= 0.3 is 0 Å². The SMILES string of the molecule is CC[C@@H]1CCN(C(=O)CO)C1. The number of nitrogens with zero attached hydrogens (tertiary/aromatic N) is 1. The van der Waals surface area contributed by atoms with E-state index in [-0.39, 0.29) is 12.5 Å². The smallest absolute Gasteiger partial charge is 0.248 e. The summed E-state index contributed by atoms with van der Waals surface area (Å²) >= 11 is 0. The highest BCUT2D eigenvalue weighted by Gasteiger charge is 2.23. The molecule has 3 nitrogen and oxygen atoms in total. The largest absolute Gasteiger partial charge is 0.387 e. The molecule has 1 atom stereocenters. The number of hydrogen-bond donors (Lipinski definition) is 1. The molecule has 64 valence electrons. The van der Waals surface area contributed by atoms with Crippen LogP contribution in [0.5, 0.6) is 0 Å². The van der Waals surface area contributed by atoms with Crippen LogP contribution < -0.4 is 0 Å². The van der Waals surface area contributed by atoms with Gasteiger partial charge in [-0.2, -0.15) is 0 Å². The molecule has 1 N–H and O–H groups in total. The minimum Gasteiger partial charge on any atom is -0.387 e. The second kappa shape index (κ2) is 3.72. The molecule has 0 aromatic carbocycles. The van der Waals surface area contributed by atoms with Crippen LogP contribution in [0.15, 0.2) is 0 Å². The van der Waals surface area contributed by atoms with Crippen molar-refractivity contribution in [3.63, 3.8) is 0 Å². The van der Waals surface area contributed by atoms with E-state index < -0.39 is 0 Å². The number of aliphatic hydroxyl groups excluding tert-OH is 1. The minimum atomic E-state index is -0.337. The van der Waals surface area contributed by atoms with Crippen LogP contribution in [0.25, 0.3) is 0 Å². The van der Waals surface area contributed by atoms with E-state index in [1.807, 2.05) is 0 Å². The Morgan fingerprint density at radius 1 is 1.73 bits per heavy atom. The Balaban J connectivity index is 2.35. The van der Waals surface area contributed by atoms with E-state index in [2.05, 4.69) is 6.92 Å². The summed E-state index contributed by atoms with van der Waals surface area (Å²) in [4.78, 5) is 12.7. The lowest BCUT2D eigenvalue weighted by molar-refractivity contribution is -0.133. The maximum atomic E-state index is 11.0. The summed E-state index contributed by atoms with van der Waals surface area (Å²) in [5.74, 6) is 0.534. The Morgan fingerprint density at radius 2 is 2.45 bits per heavy atom. The summed E-state index contributed by atoms with van der Waals surface area (Å²) in [5, 5.41) is 8.56. The fourth-order valence-electron chi connectivity index (χ4n) is 1.49.